The van der Waals surface area contributed by atoms with Gasteiger partial charge >= 0.3 is 0 Å². The molecule has 0 radical (unpaired) electrons. The van der Waals surface area contributed by atoms with E-state index in [1.165, 1.54) is 0 Å². The van der Waals surface area contributed by atoms with Gasteiger partial charge in [-0.05, 0) is 38.1 Å². The molecule has 4 nitrogen and oxygen atoms in total. The number of anilines is 1. The first-order chi connectivity index (χ1) is 7.70. The fraction of sp³-hybridized carbons (Fsp3) is 0.250. The highest BCUT2D eigenvalue weighted by atomic mass is 16.5. The fourth-order valence-corrected chi connectivity index (χ4v) is 1.59. The molecule has 0 fully saturated rings. The SMILES string of the molecule is CCOc1ccc(N)cc1-c1cc(C)[nH]n1. The first-order valence-electron chi connectivity index (χ1n) is 5.25. The normalized spacial score (nSPS) is 10.4. The Morgan fingerprint density at radius 3 is 2.81 bits per heavy atom. The van der Waals surface area contributed by atoms with Crippen molar-refractivity contribution in [1.29, 1.82) is 0 Å². The molecule has 0 aliphatic heterocycles. The van der Waals surface area contributed by atoms with Crippen LogP contribution in [0.15, 0.2) is 24.3 Å². The Kier molecular flexibility index (Phi) is 2.81. The Hall–Kier alpha value is -1.97. The molecule has 4 heteroatoms. The van der Waals surface area contributed by atoms with E-state index in [0.717, 1.165) is 22.7 Å². The molecule has 1 heterocycles. The molecule has 0 aliphatic rings. The van der Waals surface area contributed by atoms with Gasteiger partial charge in [-0.1, -0.05) is 0 Å². The molecule has 0 saturated heterocycles. The lowest BCUT2D eigenvalue weighted by molar-refractivity contribution is 0.341. The molecule has 0 amide bonds. The second-order valence-corrected chi connectivity index (χ2v) is 3.62. The molecule has 2 aromatic rings. The minimum absolute atomic E-state index is 0.625. The number of nitrogens with one attached hydrogen (secondary N) is 1. The maximum atomic E-state index is 5.77. The zero-order valence-corrected chi connectivity index (χ0v) is 9.45. The quantitative estimate of drug-likeness (QED) is 0.776. The summed E-state index contributed by atoms with van der Waals surface area (Å²) in [7, 11) is 0. The molecule has 0 saturated carbocycles. The largest absolute Gasteiger partial charge is 0.493 e. The zero-order chi connectivity index (χ0) is 11.5. The molecular weight excluding hydrogens is 202 g/mol. The molecule has 84 valence electrons. The topological polar surface area (TPSA) is 63.9 Å². The van der Waals surface area contributed by atoms with E-state index in [4.69, 9.17) is 10.5 Å². The zero-order valence-electron chi connectivity index (χ0n) is 9.45. The van der Waals surface area contributed by atoms with Crippen LogP contribution in [-0.2, 0) is 0 Å². The van der Waals surface area contributed by atoms with Crippen molar-refractivity contribution in [2.75, 3.05) is 12.3 Å². The van der Waals surface area contributed by atoms with Crippen molar-refractivity contribution in [3.05, 3.63) is 30.0 Å². The highest BCUT2D eigenvalue weighted by Crippen LogP contribution is 2.30. The lowest BCUT2D eigenvalue weighted by atomic mass is 10.1. The first kappa shape index (κ1) is 10.5. The predicted octanol–water partition coefficient (Wildman–Crippen LogP) is 2.37. The van der Waals surface area contributed by atoms with E-state index in [2.05, 4.69) is 10.2 Å². The van der Waals surface area contributed by atoms with Crippen molar-refractivity contribution in [3.63, 3.8) is 0 Å². The van der Waals surface area contributed by atoms with Crippen molar-refractivity contribution in [3.8, 4) is 17.0 Å². The molecule has 16 heavy (non-hydrogen) atoms. The number of nitrogen functional groups attached to an aromatic ring is 1. The Morgan fingerprint density at radius 2 is 2.19 bits per heavy atom. The van der Waals surface area contributed by atoms with E-state index >= 15 is 0 Å². The van der Waals surface area contributed by atoms with E-state index in [1.807, 2.05) is 38.1 Å². The van der Waals surface area contributed by atoms with Gasteiger partial charge in [0.2, 0.25) is 0 Å². The molecule has 3 N–H and O–H groups in total. The third-order valence-electron chi connectivity index (χ3n) is 2.29. The number of hydrogen-bond acceptors (Lipinski definition) is 3. The number of H-pyrrole nitrogens is 1. The van der Waals surface area contributed by atoms with E-state index < -0.39 is 0 Å². The van der Waals surface area contributed by atoms with Crippen LogP contribution >= 0.6 is 0 Å². The van der Waals surface area contributed by atoms with Gasteiger partial charge in [-0.15, -0.1) is 0 Å². The van der Waals surface area contributed by atoms with Crippen molar-refractivity contribution < 1.29 is 4.74 Å². The van der Waals surface area contributed by atoms with Gasteiger partial charge in [0.05, 0.1) is 12.3 Å². The highest BCUT2D eigenvalue weighted by molar-refractivity contribution is 5.71. The molecule has 0 unspecified atom stereocenters. The van der Waals surface area contributed by atoms with Crippen LogP contribution in [0.4, 0.5) is 5.69 Å². The van der Waals surface area contributed by atoms with Crippen LogP contribution in [0.3, 0.4) is 0 Å². The molecule has 0 spiro atoms. The second-order valence-electron chi connectivity index (χ2n) is 3.62. The molecular formula is C12H15N3O. The first-order valence-corrected chi connectivity index (χ1v) is 5.25. The lowest BCUT2D eigenvalue weighted by Crippen LogP contribution is -1.95. The van der Waals surface area contributed by atoms with Gasteiger partial charge in [-0.2, -0.15) is 5.10 Å². The summed E-state index contributed by atoms with van der Waals surface area (Å²) in [4.78, 5) is 0. The second kappa shape index (κ2) is 4.26. The third-order valence-corrected chi connectivity index (χ3v) is 2.29. The van der Waals surface area contributed by atoms with Gasteiger partial charge < -0.3 is 10.5 Å². The van der Waals surface area contributed by atoms with Crippen LogP contribution < -0.4 is 10.5 Å². The Labute approximate surface area is 94.4 Å². The summed E-state index contributed by atoms with van der Waals surface area (Å²) in [5.74, 6) is 0.809. The number of aromatic nitrogens is 2. The van der Waals surface area contributed by atoms with Crippen LogP contribution in [-0.4, -0.2) is 16.8 Å². The van der Waals surface area contributed by atoms with Crippen LogP contribution in [0.25, 0.3) is 11.3 Å². The molecule has 1 aromatic heterocycles. The maximum Gasteiger partial charge on any atom is 0.128 e. The minimum Gasteiger partial charge on any atom is -0.493 e. The molecule has 0 atom stereocenters. The number of aromatic amines is 1. The van der Waals surface area contributed by atoms with Crippen LogP contribution in [0.5, 0.6) is 5.75 Å². The Bertz CT molecular complexity index is 491. The fourth-order valence-electron chi connectivity index (χ4n) is 1.59. The molecule has 0 bridgehead atoms. The number of nitrogens with two attached hydrogens (primary N) is 1. The van der Waals surface area contributed by atoms with Crippen molar-refractivity contribution in [1.82, 2.24) is 10.2 Å². The third kappa shape index (κ3) is 2.00. The number of ether oxygens (including phenoxy) is 1. The predicted molar refractivity (Wildman–Crippen MR) is 64.3 cm³/mol. The molecule has 2 rings (SSSR count). The van der Waals surface area contributed by atoms with E-state index in [-0.39, 0.29) is 0 Å². The van der Waals surface area contributed by atoms with Gasteiger partial charge in [0.25, 0.3) is 0 Å². The van der Waals surface area contributed by atoms with E-state index in [9.17, 15) is 0 Å². The number of rotatable bonds is 3. The number of hydrogen-bond donors (Lipinski definition) is 2. The van der Waals surface area contributed by atoms with E-state index in [1.54, 1.807) is 0 Å². The van der Waals surface area contributed by atoms with Gasteiger partial charge in [0.1, 0.15) is 5.75 Å². The summed E-state index contributed by atoms with van der Waals surface area (Å²) in [5, 5.41) is 7.12. The highest BCUT2D eigenvalue weighted by Gasteiger charge is 2.09. The van der Waals surface area contributed by atoms with Gasteiger partial charge in [0, 0.05) is 16.9 Å². The number of aryl methyl sites for hydroxylation is 1. The molecule has 0 aliphatic carbocycles. The standard InChI is InChI=1S/C12H15N3O/c1-3-16-12-5-4-9(13)7-10(12)11-6-8(2)14-15-11/h4-7H,3,13H2,1-2H3,(H,14,15). The summed E-state index contributed by atoms with van der Waals surface area (Å²) < 4.78 is 5.55. The van der Waals surface area contributed by atoms with Crippen LogP contribution in [0.2, 0.25) is 0 Å². The lowest BCUT2D eigenvalue weighted by Gasteiger charge is -2.08. The van der Waals surface area contributed by atoms with Crippen molar-refractivity contribution in [2.24, 2.45) is 0 Å². The van der Waals surface area contributed by atoms with Crippen molar-refractivity contribution >= 4 is 5.69 Å². The molecule has 1 aromatic carbocycles. The van der Waals surface area contributed by atoms with E-state index in [0.29, 0.717) is 12.3 Å². The average Bonchev–Trinajstić information content (AvgIpc) is 2.68. The maximum absolute atomic E-state index is 5.77. The monoisotopic (exact) mass is 217 g/mol. The summed E-state index contributed by atoms with van der Waals surface area (Å²) in [6, 6.07) is 7.55. The number of nitrogens with zero attached hydrogens (tertiary/aromatic N) is 1. The minimum atomic E-state index is 0.625. The van der Waals surface area contributed by atoms with Gasteiger partial charge in [-0.25, -0.2) is 0 Å². The summed E-state index contributed by atoms with van der Waals surface area (Å²) in [5.41, 5.74) is 9.27. The Morgan fingerprint density at radius 1 is 1.38 bits per heavy atom. The van der Waals surface area contributed by atoms with Crippen molar-refractivity contribution in [2.45, 2.75) is 13.8 Å². The van der Waals surface area contributed by atoms with Crippen LogP contribution in [0.1, 0.15) is 12.6 Å². The van der Waals surface area contributed by atoms with Gasteiger partial charge in [-0.3, -0.25) is 5.10 Å². The summed E-state index contributed by atoms with van der Waals surface area (Å²) in [6.45, 7) is 4.54. The average molecular weight is 217 g/mol. The summed E-state index contributed by atoms with van der Waals surface area (Å²) >= 11 is 0. The smallest absolute Gasteiger partial charge is 0.128 e. The Balaban J connectivity index is 2.48. The van der Waals surface area contributed by atoms with Crippen LogP contribution in [0, 0.1) is 6.92 Å². The summed E-state index contributed by atoms with van der Waals surface area (Å²) in [6.07, 6.45) is 0. The number of benzene rings is 1. The van der Waals surface area contributed by atoms with Gasteiger partial charge in [0.15, 0.2) is 0 Å².